The lowest BCUT2D eigenvalue weighted by Crippen LogP contribution is -2.29. The number of allylic oxidation sites excluding steroid dienone is 5. The van der Waals surface area contributed by atoms with Gasteiger partial charge in [-0.25, -0.2) is 4.57 Å². The molecule has 0 spiro atoms. The van der Waals surface area contributed by atoms with E-state index in [4.69, 9.17) is 23.8 Å². The molecule has 314 valence electrons. The van der Waals surface area contributed by atoms with Crippen LogP contribution >= 0.6 is 7.82 Å². The molecular formula is C42H75O11P. The summed E-state index contributed by atoms with van der Waals surface area (Å²) in [6.45, 7) is 4.57. The third kappa shape index (κ3) is 31.4. The van der Waals surface area contributed by atoms with Crippen LogP contribution in [0.15, 0.2) is 36.5 Å². The second-order valence-electron chi connectivity index (χ2n) is 14.9. The highest BCUT2D eigenvalue weighted by molar-refractivity contribution is 7.47. The van der Waals surface area contributed by atoms with Crippen molar-refractivity contribution in [3.05, 3.63) is 36.5 Å². The quantitative estimate of drug-likeness (QED) is 0.0181. The van der Waals surface area contributed by atoms with Gasteiger partial charge in [0.2, 0.25) is 0 Å². The van der Waals surface area contributed by atoms with E-state index in [9.17, 15) is 24.2 Å². The number of phosphoric acid groups is 1. The fraction of sp³-hybridized carbons (Fsp3) is 0.810. The highest BCUT2D eigenvalue weighted by atomic mass is 31.2. The maximum Gasteiger partial charge on any atom is 0.472 e. The number of carbonyl (C=O) groups is 2. The van der Waals surface area contributed by atoms with Crippen molar-refractivity contribution in [3.63, 3.8) is 0 Å². The molecule has 1 fully saturated rings. The van der Waals surface area contributed by atoms with Gasteiger partial charge in [-0.2, -0.15) is 0 Å². The molecule has 3 unspecified atom stereocenters. The number of hydrogen-bond acceptors (Lipinski definition) is 10. The van der Waals surface area contributed by atoms with Crippen molar-refractivity contribution in [2.75, 3.05) is 26.4 Å². The first-order chi connectivity index (χ1) is 26.1. The van der Waals surface area contributed by atoms with E-state index in [-0.39, 0.29) is 19.4 Å². The molecule has 0 bridgehead atoms. The van der Waals surface area contributed by atoms with E-state index in [0.717, 1.165) is 44.4 Å². The first kappa shape index (κ1) is 50.2. The van der Waals surface area contributed by atoms with Crippen LogP contribution in [0.1, 0.15) is 162 Å². The Bertz CT molecular complexity index is 1080. The third-order valence-electron chi connectivity index (χ3n) is 9.15. The SMILES string of the molecule is CCCCCC1OC1C/C=C\C/C=C\C/C=C\CCCC(=O)O[C@H](COC(=O)CCCCCCCCCCCCC(C)C)COP(=O)(O)OC[C@@H](O)CO. The predicted molar refractivity (Wildman–Crippen MR) is 214 cm³/mol. The highest BCUT2D eigenvalue weighted by Crippen LogP contribution is 2.43. The molecule has 0 aromatic carbocycles. The summed E-state index contributed by atoms with van der Waals surface area (Å²) in [4.78, 5) is 34.9. The molecule has 1 heterocycles. The second kappa shape index (κ2) is 33.3. The highest BCUT2D eigenvalue weighted by Gasteiger charge is 2.36. The van der Waals surface area contributed by atoms with Crippen LogP contribution < -0.4 is 0 Å². The fourth-order valence-corrected chi connectivity index (χ4v) is 6.58. The molecule has 1 aliphatic rings. The average molecular weight is 787 g/mol. The maximum atomic E-state index is 12.6. The average Bonchev–Trinajstić information content (AvgIpc) is 3.90. The van der Waals surface area contributed by atoms with Gasteiger partial charge in [-0.1, -0.05) is 141 Å². The largest absolute Gasteiger partial charge is 0.472 e. The molecule has 3 N–H and O–H groups in total. The number of phosphoric ester groups is 1. The number of hydrogen-bond donors (Lipinski definition) is 3. The molecule has 0 aliphatic carbocycles. The lowest BCUT2D eigenvalue weighted by atomic mass is 10.0. The summed E-state index contributed by atoms with van der Waals surface area (Å²) < 4.78 is 38.3. The van der Waals surface area contributed by atoms with E-state index >= 15 is 0 Å². The standard InChI is InChI=1S/C42H75O11P/c1-4-5-22-28-39-40(53-39)29-24-19-15-11-7-9-13-17-21-26-31-42(46)52-38(35-51-54(47,48)50-33-37(44)32-43)34-49-41(45)30-25-20-16-12-8-6-10-14-18-23-27-36(2)3/h7,11,13,17,19,24,36-40,43-44H,4-6,8-10,12,14-16,18,20-23,25-35H2,1-3H3,(H,47,48)/b11-7-,17-13-,24-19-/t37-,38+,39?,40?/m0/s1. The van der Waals surface area contributed by atoms with Crippen LogP contribution in [-0.4, -0.2) is 77.9 Å². The number of unbranched alkanes of at least 4 members (excludes halogenated alkanes) is 12. The molecule has 1 aliphatic heterocycles. The van der Waals surface area contributed by atoms with Gasteiger partial charge in [0.25, 0.3) is 0 Å². The Morgan fingerprint density at radius 3 is 1.96 bits per heavy atom. The lowest BCUT2D eigenvalue weighted by Gasteiger charge is -2.20. The van der Waals surface area contributed by atoms with Gasteiger partial charge in [0.1, 0.15) is 12.7 Å². The van der Waals surface area contributed by atoms with Crippen molar-refractivity contribution in [3.8, 4) is 0 Å². The van der Waals surface area contributed by atoms with Gasteiger partial charge in [0.15, 0.2) is 6.10 Å². The van der Waals surface area contributed by atoms with Crippen molar-refractivity contribution in [1.82, 2.24) is 0 Å². The minimum Gasteiger partial charge on any atom is -0.462 e. The molecule has 0 saturated carbocycles. The molecule has 1 saturated heterocycles. The minimum atomic E-state index is -4.63. The van der Waals surface area contributed by atoms with Gasteiger partial charge in [-0.05, 0) is 50.9 Å². The van der Waals surface area contributed by atoms with Crippen molar-refractivity contribution in [2.24, 2.45) is 5.92 Å². The summed E-state index contributed by atoms with van der Waals surface area (Å²) in [6, 6.07) is 0. The Labute approximate surface area is 326 Å². The van der Waals surface area contributed by atoms with Gasteiger partial charge < -0.3 is 29.3 Å². The predicted octanol–water partition coefficient (Wildman–Crippen LogP) is 9.62. The number of carbonyl (C=O) groups excluding carboxylic acids is 2. The van der Waals surface area contributed by atoms with Crippen molar-refractivity contribution < 1.29 is 52.5 Å². The van der Waals surface area contributed by atoms with Crippen LogP contribution in [-0.2, 0) is 37.4 Å². The first-order valence-corrected chi connectivity index (χ1v) is 22.4. The fourth-order valence-electron chi connectivity index (χ4n) is 5.79. The summed E-state index contributed by atoms with van der Waals surface area (Å²) in [5.41, 5.74) is 0. The molecule has 54 heavy (non-hydrogen) atoms. The van der Waals surface area contributed by atoms with E-state index in [1.165, 1.54) is 70.6 Å². The smallest absolute Gasteiger partial charge is 0.462 e. The van der Waals surface area contributed by atoms with Crippen molar-refractivity contribution in [1.29, 1.82) is 0 Å². The summed E-state index contributed by atoms with van der Waals surface area (Å²) in [5, 5.41) is 18.3. The molecule has 5 atom stereocenters. The zero-order valence-electron chi connectivity index (χ0n) is 33.8. The monoisotopic (exact) mass is 787 g/mol. The Kier molecular flexibility index (Phi) is 30.9. The molecule has 0 radical (unpaired) electrons. The van der Waals surface area contributed by atoms with Gasteiger partial charge in [0, 0.05) is 12.8 Å². The Morgan fingerprint density at radius 1 is 0.722 bits per heavy atom. The zero-order chi connectivity index (χ0) is 39.7. The molecule has 11 nitrogen and oxygen atoms in total. The van der Waals surface area contributed by atoms with Gasteiger partial charge in [-0.15, -0.1) is 0 Å². The number of aliphatic hydroxyl groups is 2. The number of aliphatic hydroxyl groups excluding tert-OH is 2. The molecule has 0 aromatic heterocycles. The van der Waals surface area contributed by atoms with Crippen LogP contribution in [0.25, 0.3) is 0 Å². The van der Waals surface area contributed by atoms with Gasteiger partial charge >= 0.3 is 19.8 Å². The summed E-state index contributed by atoms with van der Waals surface area (Å²) in [5.74, 6) is -0.210. The Balaban J connectivity index is 2.30. The van der Waals surface area contributed by atoms with Crippen molar-refractivity contribution >= 4 is 19.8 Å². The summed E-state index contributed by atoms with van der Waals surface area (Å²) in [6.07, 6.45) is 33.0. The Hall–Kier alpha value is -1.85. The molecule has 0 amide bonds. The summed E-state index contributed by atoms with van der Waals surface area (Å²) in [7, 11) is -4.63. The number of rotatable bonds is 37. The normalized spacial score (nSPS) is 18.1. The third-order valence-corrected chi connectivity index (χ3v) is 10.1. The first-order valence-electron chi connectivity index (χ1n) is 20.9. The molecule has 0 aromatic rings. The number of ether oxygens (including phenoxy) is 3. The van der Waals surface area contributed by atoms with Crippen molar-refractivity contribution in [2.45, 2.75) is 186 Å². The van der Waals surface area contributed by atoms with E-state index in [0.29, 0.717) is 31.5 Å². The van der Waals surface area contributed by atoms with E-state index < -0.39 is 51.8 Å². The number of epoxide rings is 1. The summed E-state index contributed by atoms with van der Waals surface area (Å²) >= 11 is 0. The minimum absolute atomic E-state index is 0.105. The van der Waals surface area contributed by atoms with E-state index in [1.54, 1.807) is 0 Å². The lowest BCUT2D eigenvalue weighted by molar-refractivity contribution is -0.161. The molecular weight excluding hydrogens is 711 g/mol. The van der Waals surface area contributed by atoms with Crippen LogP contribution in [0.3, 0.4) is 0 Å². The Morgan fingerprint density at radius 2 is 1.31 bits per heavy atom. The van der Waals surface area contributed by atoms with Crippen LogP contribution in [0, 0.1) is 5.92 Å². The van der Waals surface area contributed by atoms with Crippen LogP contribution in [0.5, 0.6) is 0 Å². The zero-order valence-corrected chi connectivity index (χ0v) is 34.7. The number of esters is 2. The van der Waals surface area contributed by atoms with Gasteiger partial charge in [0.05, 0.1) is 32.0 Å². The molecule has 12 heteroatoms. The topological polar surface area (TPSA) is 161 Å². The maximum absolute atomic E-state index is 12.6. The van der Waals surface area contributed by atoms with Crippen LogP contribution in [0.4, 0.5) is 0 Å². The van der Waals surface area contributed by atoms with E-state index in [2.05, 4.69) is 49.6 Å². The van der Waals surface area contributed by atoms with Gasteiger partial charge in [-0.3, -0.25) is 18.6 Å². The van der Waals surface area contributed by atoms with E-state index in [1.807, 2.05) is 12.2 Å². The van der Waals surface area contributed by atoms with Crippen LogP contribution in [0.2, 0.25) is 0 Å². The molecule has 1 rings (SSSR count). The second-order valence-corrected chi connectivity index (χ2v) is 16.3.